The molecule has 6 nitrogen and oxygen atoms in total. The maximum atomic E-state index is 11.5. The number of aliphatic carboxylic acids is 1. The van der Waals surface area contributed by atoms with Gasteiger partial charge in [-0.05, 0) is 12.1 Å². The number of terminal acetylenes is 1. The van der Waals surface area contributed by atoms with Gasteiger partial charge >= 0.3 is 5.97 Å². The number of nitrogens with one attached hydrogen (secondary N) is 1. The second-order valence-electron chi connectivity index (χ2n) is 3.60. The number of carboxylic acid groups (broad SMARTS) is 1. The second-order valence-corrected chi connectivity index (χ2v) is 3.60. The minimum atomic E-state index is -1.02. The predicted molar refractivity (Wildman–Crippen MR) is 63.5 cm³/mol. The highest BCUT2D eigenvalue weighted by atomic mass is 16.4. The smallest absolute Gasteiger partial charge is 0.317 e. The highest BCUT2D eigenvalue weighted by Gasteiger charge is 2.12. The third-order valence-corrected chi connectivity index (χ3v) is 2.08. The van der Waals surface area contributed by atoms with E-state index in [1.54, 1.807) is 12.1 Å². The number of amides is 1. The SMILES string of the molecule is C#CCN(CC(=O)O)CC(=O)NCc1ccco1. The summed E-state index contributed by atoms with van der Waals surface area (Å²) in [6, 6.07) is 3.45. The number of nitrogens with zero attached hydrogens (tertiary/aromatic N) is 1. The summed E-state index contributed by atoms with van der Waals surface area (Å²) in [4.78, 5) is 23.5. The Morgan fingerprint density at radius 2 is 2.28 bits per heavy atom. The third kappa shape index (κ3) is 5.18. The van der Waals surface area contributed by atoms with Crippen LogP contribution in [0.15, 0.2) is 22.8 Å². The summed E-state index contributed by atoms with van der Waals surface area (Å²) in [5.41, 5.74) is 0. The minimum absolute atomic E-state index is 0.0583. The van der Waals surface area contributed by atoms with E-state index < -0.39 is 5.97 Å². The summed E-state index contributed by atoms with van der Waals surface area (Å²) >= 11 is 0. The molecule has 6 heteroatoms. The zero-order chi connectivity index (χ0) is 13.4. The first-order valence-electron chi connectivity index (χ1n) is 5.28. The summed E-state index contributed by atoms with van der Waals surface area (Å²) in [7, 11) is 0. The number of hydrogen-bond acceptors (Lipinski definition) is 4. The number of carbonyl (C=O) groups is 2. The minimum Gasteiger partial charge on any atom is -0.480 e. The van der Waals surface area contributed by atoms with E-state index >= 15 is 0 Å². The lowest BCUT2D eigenvalue weighted by Gasteiger charge is -2.16. The standard InChI is InChI=1S/C12H14N2O4/c1-2-5-14(9-12(16)17)8-11(15)13-7-10-4-3-6-18-10/h1,3-4,6H,5,7-9H2,(H,13,15)(H,16,17). The van der Waals surface area contributed by atoms with Gasteiger partial charge in [0.05, 0.1) is 32.4 Å². The molecular weight excluding hydrogens is 236 g/mol. The topological polar surface area (TPSA) is 82.8 Å². The molecule has 0 saturated heterocycles. The van der Waals surface area contributed by atoms with E-state index in [0.717, 1.165) is 0 Å². The molecule has 1 aromatic heterocycles. The lowest BCUT2D eigenvalue weighted by Crippen LogP contribution is -2.39. The van der Waals surface area contributed by atoms with Crippen LogP contribution >= 0.6 is 0 Å². The van der Waals surface area contributed by atoms with Crippen molar-refractivity contribution in [3.63, 3.8) is 0 Å². The highest BCUT2D eigenvalue weighted by Crippen LogP contribution is 1.98. The molecule has 0 fully saturated rings. The Balaban J connectivity index is 2.36. The van der Waals surface area contributed by atoms with Gasteiger partial charge in [0.2, 0.25) is 5.91 Å². The van der Waals surface area contributed by atoms with E-state index in [-0.39, 0.29) is 32.1 Å². The fourth-order valence-electron chi connectivity index (χ4n) is 1.35. The van der Waals surface area contributed by atoms with E-state index in [0.29, 0.717) is 5.76 Å². The monoisotopic (exact) mass is 250 g/mol. The zero-order valence-electron chi connectivity index (χ0n) is 9.76. The molecule has 0 atom stereocenters. The van der Waals surface area contributed by atoms with Gasteiger partial charge in [-0.15, -0.1) is 6.42 Å². The Labute approximate surface area is 105 Å². The molecule has 0 unspecified atom stereocenters. The van der Waals surface area contributed by atoms with Gasteiger partial charge in [-0.1, -0.05) is 5.92 Å². The fourth-order valence-corrected chi connectivity index (χ4v) is 1.35. The molecule has 0 aliphatic heterocycles. The Morgan fingerprint density at radius 3 is 2.83 bits per heavy atom. The van der Waals surface area contributed by atoms with Crippen molar-refractivity contribution in [3.05, 3.63) is 24.2 Å². The molecule has 1 amide bonds. The quantitative estimate of drug-likeness (QED) is 0.661. The summed E-state index contributed by atoms with van der Waals surface area (Å²) < 4.78 is 5.05. The van der Waals surface area contributed by atoms with E-state index in [4.69, 9.17) is 15.9 Å². The molecule has 0 spiro atoms. The van der Waals surface area contributed by atoms with Crippen molar-refractivity contribution >= 4 is 11.9 Å². The van der Waals surface area contributed by atoms with Crippen LogP contribution in [0.3, 0.4) is 0 Å². The van der Waals surface area contributed by atoms with Gasteiger partial charge < -0.3 is 14.8 Å². The van der Waals surface area contributed by atoms with E-state index in [1.807, 2.05) is 0 Å². The molecule has 18 heavy (non-hydrogen) atoms. The maximum absolute atomic E-state index is 11.5. The molecular formula is C12H14N2O4. The summed E-state index contributed by atoms with van der Waals surface area (Å²) in [6.45, 7) is 0.0544. The van der Waals surface area contributed by atoms with Gasteiger partial charge in [-0.3, -0.25) is 14.5 Å². The van der Waals surface area contributed by atoms with Gasteiger partial charge in [-0.2, -0.15) is 0 Å². The van der Waals surface area contributed by atoms with Gasteiger partial charge in [-0.25, -0.2) is 0 Å². The van der Waals surface area contributed by atoms with Crippen molar-refractivity contribution in [2.45, 2.75) is 6.54 Å². The van der Waals surface area contributed by atoms with Crippen LogP contribution in [-0.2, 0) is 16.1 Å². The first-order chi connectivity index (χ1) is 8.61. The number of hydrogen-bond donors (Lipinski definition) is 2. The maximum Gasteiger partial charge on any atom is 0.317 e. The molecule has 1 rings (SSSR count). The Kier molecular flexibility index (Phi) is 5.48. The van der Waals surface area contributed by atoms with E-state index in [1.165, 1.54) is 11.2 Å². The van der Waals surface area contributed by atoms with Crippen molar-refractivity contribution in [2.24, 2.45) is 0 Å². The molecule has 0 saturated carbocycles. The molecule has 2 N–H and O–H groups in total. The van der Waals surface area contributed by atoms with Crippen molar-refractivity contribution in [3.8, 4) is 12.3 Å². The van der Waals surface area contributed by atoms with Gasteiger partial charge in [0, 0.05) is 0 Å². The highest BCUT2D eigenvalue weighted by molar-refractivity contribution is 5.79. The van der Waals surface area contributed by atoms with Crippen molar-refractivity contribution in [1.82, 2.24) is 10.2 Å². The molecule has 0 radical (unpaired) electrons. The molecule has 1 heterocycles. The normalized spacial score (nSPS) is 10.0. The van der Waals surface area contributed by atoms with Crippen molar-refractivity contribution < 1.29 is 19.1 Å². The van der Waals surface area contributed by atoms with Crippen LogP contribution in [0.25, 0.3) is 0 Å². The van der Waals surface area contributed by atoms with Crippen LogP contribution in [0.2, 0.25) is 0 Å². The largest absolute Gasteiger partial charge is 0.480 e. The molecule has 0 bridgehead atoms. The fraction of sp³-hybridized carbons (Fsp3) is 0.333. The average molecular weight is 250 g/mol. The lowest BCUT2D eigenvalue weighted by atomic mass is 10.4. The lowest BCUT2D eigenvalue weighted by molar-refractivity contribution is -0.138. The average Bonchev–Trinajstić information content (AvgIpc) is 2.78. The number of furan rings is 1. The van der Waals surface area contributed by atoms with Gasteiger partial charge in [0.1, 0.15) is 5.76 Å². The first kappa shape index (κ1) is 13.8. The van der Waals surface area contributed by atoms with Crippen LogP contribution in [0.4, 0.5) is 0 Å². The molecule has 0 aliphatic rings. The summed E-state index contributed by atoms with van der Waals surface area (Å²) in [5, 5.41) is 11.3. The predicted octanol–water partition coefficient (Wildman–Crippen LogP) is -0.0844. The molecule has 0 aliphatic carbocycles. The zero-order valence-corrected chi connectivity index (χ0v) is 9.76. The Bertz CT molecular complexity index is 433. The summed E-state index contributed by atoms with van der Waals surface area (Å²) in [6.07, 6.45) is 6.61. The third-order valence-electron chi connectivity index (χ3n) is 2.08. The van der Waals surface area contributed by atoms with Crippen molar-refractivity contribution in [2.75, 3.05) is 19.6 Å². The molecule has 96 valence electrons. The van der Waals surface area contributed by atoms with Crippen LogP contribution in [-0.4, -0.2) is 41.5 Å². The van der Waals surface area contributed by atoms with Crippen LogP contribution in [0.5, 0.6) is 0 Å². The van der Waals surface area contributed by atoms with Crippen LogP contribution < -0.4 is 5.32 Å². The van der Waals surface area contributed by atoms with Crippen LogP contribution in [0, 0.1) is 12.3 Å². The van der Waals surface area contributed by atoms with E-state index in [2.05, 4.69) is 11.2 Å². The summed E-state index contributed by atoms with van der Waals surface area (Å²) in [5.74, 6) is 1.62. The van der Waals surface area contributed by atoms with Gasteiger partial charge in [0.15, 0.2) is 0 Å². The second kappa shape index (κ2) is 7.14. The Morgan fingerprint density at radius 1 is 1.50 bits per heavy atom. The van der Waals surface area contributed by atoms with E-state index in [9.17, 15) is 9.59 Å². The van der Waals surface area contributed by atoms with Gasteiger partial charge in [0.25, 0.3) is 0 Å². The van der Waals surface area contributed by atoms with Crippen molar-refractivity contribution in [1.29, 1.82) is 0 Å². The molecule has 1 aromatic rings. The van der Waals surface area contributed by atoms with Crippen LogP contribution in [0.1, 0.15) is 5.76 Å². The molecule has 0 aromatic carbocycles. The number of carbonyl (C=O) groups excluding carboxylic acids is 1. The first-order valence-corrected chi connectivity index (χ1v) is 5.28. The number of carboxylic acids is 1. The Hall–Kier alpha value is -2.26. The number of rotatable bonds is 7.